The molecule has 0 radical (unpaired) electrons. The number of urea groups is 1. The van der Waals surface area contributed by atoms with E-state index in [4.69, 9.17) is 15.3 Å². The quantitative estimate of drug-likeness (QED) is 0.0305. The van der Waals surface area contributed by atoms with Crippen LogP contribution in [0.2, 0.25) is 0 Å². The van der Waals surface area contributed by atoms with Gasteiger partial charge >= 0.3 is 47.8 Å². The summed E-state index contributed by atoms with van der Waals surface area (Å²) in [4.78, 5) is 141. The number of aliphatic carboxylic acids is 7. The minimum absolute atomic E-state index is 0.0300. The Balaban J connectivity index is 1.90. The van der Waals surface area contributed by atoms with Gasteiger partial charge in [0.15, 0.2) is 0 Å². The summed E-state index contributed by atoms with van der Waals surface area (Å²) in [5, 5.41) is 80.4. The average Bonchev–Trinajstić information content (AvgIpc) is 3.36. The monoisotopic (exact) mass is 1150 g/mol. The third kappa shape index (κ3) is 29.5. The summed E-state index contributed by atoms with van der Waals surface area (Å²) in [6, 6.07) is 4.63. The van der Waals surface area contributed by atoms with E-state index in [1.165, 1.54) is 9.80 Å². The molecule has 29 heteroatoms. The van der Waals surface area contributed by atoms with Crippen molar-refractivity contribution in [1.82, 2.24) is 51.6 Å². The first-order chi connectivity index (χ1) is 36.5. The molecule has 0 aliphatic heterocycles. The Morgan fingerprint density at radius 1 is 0.558 bits per heavy atom. The van der Waals surface area contributed by atoms with Crippen LogP contribution in [0.4, 0.5) is 4.79 Å². The highest BCUT2D eigenvalue weighted by molar-refractivity contribution is 9.10. The molecule has 0 saturated carbocycles. The molecule has 0 spiro atoms. The van der Waals surface area contributed by atoms with Gasteiger partial charge in [0.2, 0.25) is 11.8 Å². The SMILES string of the molecule is O=C(O)CC[C@@H](NC(=O)N[C@H](CCCCN(Cc1ccc(Br)nc1)C(=O)CCCCNC(=O)c1ccc(CNC(=O)CCC(C(=O)O)N(CCNCC(=O)O)CCN(CCNCC(=O)O)CC(=O)O)cc1)C(=O)O)C(=O)O. The van der Waals surface area contributed by atoms with Crippen molar-refractivity contribution >= 4 is 81.5 Å². The lowest BCUT2D eigenvalue weighted by Gasteiger charge is -2.31. The molecular weight excluding hydrogens is 1080 g/mol. The Hall–Kier alpha value is -7.34. The van der Waals surface area contributed by atoms with Crippen molar-refractivity contribution < 1.29 is 88.5 Å². The number of benzene rings is 1. The summed E-state index contributed by atoms with van der Waals surface area (Å²) >= 11 is 3.28. The fourth-order valence-electron chi connectivity index (χ4n) is 7.47. The van der Waals surface area contributed by atoms with E-state index >= 15 is 0 Å². The van der Waals surface area contributed by atoms with Gasteiger partial charge in [-0.25, -0.2) is 19.4 Å². The molecule has 1 aromatic heterocycles. The van der Waals surface area contributed by atoms with E-state index in [1.807, 2.05) is 0 Å². The number of rotatable bonds is 42. The Morgan fingerprint density at radius 2 is 1.18 bits per heavy atom. The van der Waals surface area contributed by atoms with Crippen molar-refractivity contribution in [2.45, 2.75) is 95.4 Å². The van der Waals surface area contributed by atoms with Crippen molar-refractivity contribution in [3.05, 3.63) is 63.9 Å². The number of aromatic nitrogens is 1. The number of carboxylic acids is 7. The molecule has 28 nitrogen and oxygen atoms in total. The van der Waals surface area contributed by atoms with Crippen LogP contribution < -0.4 is 31.9 Å². The zero-order valence-corrected chi connectivity index (χ0v) is 43.9. The van der Waals surface area contributed by atoms with Gasteiger partial charge in [-0.05, 0) is 90.2 Å². The number of carboxylic acid groups (broad SMARTS) is 7. The second-order valence-corrected chi connectivity index (χ2v) is 18.4. The normalized spacial score (nSPS) is 12.2. The van der Waals surface area contributed by atoms with Crippen LogP contribution in [-0.4, -0.2) is 211 Å². The van der Waals surface area contributed by atoms with Crippen molar-refractivity contribution in [3.63, 3.8) is 0 Å². The first kappa shape index (κ1) is 65.8. The van der Waals surface area contributed by atoms with Gasteiger partial charge < -0.3 is 72.5 Å². The summed E-state index contributed by atoms with van der Waals surface area (Å²) in [6.07, 6.45) is 1.80. The molecule has 1 unspecified atom stereocenters. The highest BCUT2D eigenvalue weighted by Gasteiger charge is 2.28. The molecule has 5 amide bonds. The van der Waals surface area contributed by atoms with Gasteiger partial charge in [0, 0.05) is 96.5 Å². The standard InChI is InChI=1S/C48H69BrN10O18/c49-37-14-9-32(26-53-37)29-59(20-4-2-5-34(45(71)72)55-48(77)56-35(46(73)74)12-16-40(62)63)39(61)6-1-3-17-52-44(70)33-10-7-31(8-11-33)25-54-38(60)15-13-36(47(75)76)58(22-19-51-28-42(66)67)24-23-57(30-43(68)69)21-18-50-27-41(64)65/h7-11,14,26,34-36,50-51H,1-6,12-13,15-25,27-30H2,(H,52,70)(H,54,60)(H,62,63)(H,64,65)(H,66,67)(H,68,69)(H,71,72)(H,73,74)(H,75,76)(H2,55,56,77)/t34-,35-,36?/m1/s1. The van der Waals surface area contributed by atoms with Gasteiger partial charge in [0.25, 0.3) is 5.91 Å². The van der Waals surface area contributed by atoms with Crippen LogP contribution in [-0.2, 0) is 56.2 Å². The Kier molecular flexibility index (Phi) is 31.3. The van der Waals surface area contributed by atoms with Crippen molar-refractivity contribution in [1.29, 1.82) is 0 Å². The number of hydrogen-bond acceptors (Lipinski definition) is 16. The summed E-state index contributed by atoms with van der Waals surface area (Å²) in [7, 11) is 0. The predicted molar refractivity (Wildman–Crippen MR) is 274 cm³/mol. The number of hydrogen-bond donors (Lipinski definition) is 13. The molecule has 0 aliphatic rings. The van der Waals surface area contributed by atoms with Gasteiger partial charge in [0.1, 0.15) is 22.7 Å². The van der Waals surface area contributed by atoms with Crippen LogP contribution >= 0.6 is 15.9 Å². The van der Waals surface area contributed by atoms with E-state index in [0.717, 1.165) is 5.56 Å². The molecule has 0 aliphatic carbocycles. The van der Waals surface area contributed by atoms with E-state index < -0.39 is 91.2 Å². The summed E-state index contributed by atoms with van der Waals surface area (Å²) in [6.45, 7) is 0.0755. The molecule has 1 aromatic carbocycles. The third-order valence-corrected chi connectivity index (χ3v) is 12.0. The summed E-state index contributed by atoms with van der Waals surface area (Å²) < 4.78 is 0.589. The number of halogens is 1. The van der Waals surface area contributed by atoms with Gasteiger partial charge in [-0.3, -0.25) is 48.2 Å². The number of unbranched alkanes of at least 4 members (excludes halogenated alkanes) is 2. The van der Waals surface area contributed by atoms with Crippen LogP contribution in [0.3, 0.4) is 0 Å². The predicted octanol–water partition coefficient (Wildman–Crippen LogP) is -0.0997. The van der Waals surface area contributed by atoms with Crippen LogP contribution in [0.15, 0.2) is 47.2 Å². The molecule has 1 heterocycles. The molecule has 0 fully saturated rings. The molecule has 426 valence electrons. The minimum Gasteiger partial charge on any atom is -0.481 e. The molecule has 13 N–H and O–H groups in total. The maximum absolute atomic E-state index is 13.5. The van der Waals surface area contributed by atoms with E-state index in [-0.39, 0.29) is 122 Å². The Morgan fingerprint density at radius 3 is 1.75 bits per heavy atom. The zero-order valence-electron chi connectivity index (χ0n) is 42.3. The number of carbonyl (C=O) groups excluding carboxylic acids is 4. The second kappa shape index (κ2) is 36.6. The molecule has 0 saturated heterocycles. The lowest BCUT2D eigenvalue weighted by molar-refractivity contribution is -0.145. The Bertz CT molecular complexity index is 2280. The topological polar surface area (TPSA) is 424 Å². The smallest absolute Gasteiger partial charge is 0.326 e. The second-order valence-electron chi connectivity index (χ2n) is 17.6. The largest absolute Gasteiger partial charge is 0.481 e. The van der Waals surface area contributed by atoms with E-state index in [0.29, 0.717) is 35.0 Å². The van der Waals surface area contributed by atoms with Crippen LogP contribution in [0.1, 0.15) is 85.7 Å². The minimum atomic E-state index is -1.55. The summed E-state index contributed by atoms with van der Waals surface area (Å²) in [5.74, 6) is -9.83. The number of nitrogens with one attached hydrogen (secondary N) is 6. The van der Waals surface area contributed by atoms with Gasteiger partial charge in [-0.15, -0.1) is 0 Å². The average molecular weight is 1150 g/mol. The summed E-state index contributed by atoms with van der Waals surface area (Å²) in [5.41, 5.74) is 1.69. The number of amides is 5. The van der Waals surface area contributed by atoms with Gasteiger partial charge in [-0.1, -0.05) is 18.2 Å². The lowest BCUT2D eigenvalue weighted by atomic mass is 10.1. The van der Waals surface area contributed by atoms with Crippen LogP contribution in [0, 0.1) is 0 Å². The highest BCUT2D eigenvalue weighted by atomic mass is 79.9. The van der Waals surface area contributed by atoms with E-state index in [2.05, 4.69) is 52.8 Å². The fraction of sp³-hybridized carbons (Fsp3) is 0.542. The number of nitrogens with zero attached hydrogens (tertiary/aromatic N) is 4. The number of carbonyl (C=O) groups is 11. The molecule has 2 rings (SSSR count). The van der Waals surface area contributed by atoms with Crippen LogP contribution in [0.5, 0.6) is 0 Å². The molecule has 77 heavy (non-hydrogen) atoms. The molecular formula is C48H69BrN10O18. The number of pyridine rings is 1. The Labute approximate surface area is 451 Å². The first-order valence-electron chi connectivity index (χ1n) is 24.6. The molecule has 0 bridgehead atoms. The third-order valence-electron chi connectivity index (χ3n) is 11.5. The zero-order chi connectivity index (χ0) is 57.3. The van der Waals surface area contributed by atoms with Gasteiger partial charge in [0.05, 0.1) is 19.6 Å². The lowest BCUT2D eigenvalue weighted by Crippen LogP contribution is -2.51. The fourth-order valence-corrected chi connectivity index (χ4v) is 7.70. The van der Waals surface area contributed by atoms with E-state index in [1.54, 1.807) is 47.5 Å². The van der Waals surface area contributed by atoms with Crippen molar-refractivity contribution in [2.24, 2.45) is 0 Å². The van der Waals surface area contributed by atoms with E-state index in [9.17, 15) is 73.2 Å². The van der Waals surface area contributed by atoms with Crippen molar-refractivity contribution in [3.8, 4) is 0 Å². The van der Waals surface area contributed by atoms with Crippen molar-refractivity contribution in [2.75, 3.05) is 72.0 Å². The maximum atomic E-state index is 13.5. The molecule has 2 aromatic rings. The molecule has 3 atom stereocenters. The van der Waals surface area contributed by atoms with Crippen LogP contribution in [0.25, 0.3) is 0 Å². The maximum Gasteiger partial charge on any atom is 0.326 e. The van der Waals surface area contributed by atoms with Gasteiger partial charge in [-0.2, -0.15) is 0 Å². The highest BCUT2D eigenvalue weighted by Crippen LogP contribution is 2.14. The first-order valence-corrected chi connectivity index (χ1v) is 25.4.